The van der Waals surface area contributed by atoms with Gasteiger partial charge in [0.15, 0.2) is 0 Å². The molecule has 0 unspecified atom stereocenters. The molecule has 0 N–H and O–H groups in total. The van der Waals surface area contributed by atoms with Gasteiger partial charge in [0.05, 0.1) is 17.9 Å². The number of halogens is 3. The van der Waals surface area contributed by atoms with E-state index in [1.807, 2.05) is 16.1 Å². The van der Waals surface area contributed by atoms with Crippen LogP contribution in [-0.4, -0.2) is 15.3 Å². The standard InChI is InChI=1S/C20H14Cl2FN3OS/c21-14-1-3-16(18(22)7-14)19(9-26-6-5-24-12-26)25-27-10-13-11-28-20-4-2-15(23)8-17(13)20/h1-8,11-12H,9-10H2/b25-19+. The van der Waals surface area contributed by atoms with Crippen LogP contribution in [0.1, 0.15) is 11.1 Å². The fraction of sp³-hybridized carbons (Fsp3) is 0.100. The fourth-order valence-electron chi connectivity index (χ4n) is 2.79. The van der Waals surface area contributed by atoms with Crippen LogP contribution in [0.4, 0.5) is 4.39 Å². The van der Waals surface area contributed by atoms with Crippen LogP contribution in [0.3, 0.4) is 0 Å². The minimum Gasteiger partial charge on any atom is -0.391 e. The Morgan fingerprint density at radius 2 is 2.11 bits per heavy atom. The molecule has 28 heavy (non-hydrogen) atoms. The molecule has 0 fully saturated rings. The van der Waals surface area contributed by atoms with E-state index in [0.29, 0.717) is 22.3 Å². The van der Waals surface area contributed by atoms with Crippen LogP contribution in [0.25, 0.3) is 10.1 Å². The van der Waals surface area contributed by atoms with Crippen LogP contribution in [0.5, 0.6) is 0 Å². The van der Waals surface area contributed by atoms with E-state index in [1.54, 1.807) is 48.1 Å². The van der Waals surface area contributed by atoms with Gasteiger partial charge in [-0.25, -0.2) is 9.37 Å². The van der Waals surface area contributed by atoms with Crippen LogP contribution in [0, 0.1) is 5.82 Å². The van der Waals surface area contributed by atoms with Gasteiger partial charge in [-0.15, -0.1) is 11.3 Å². The van der Waals surface area contributed by atoms with E-state index in [1.165, 1.54) is 12.1 Å². The van der Waals surface area contributed by atoms with Crippen LogP contribution in [-0.2, 0) is 18.0 Å². The Morgan fingerprint density at radius 1 is 1.21 bits per heavy atom. The number of nitrogens with zero attached hydrogens (tertiary/aromatic N) is 3. The molecule has 0 radical (unpaired) electrons. The summed E-state index contributed by atoms with van der Waals surface area (Å²) in [5, 5.41) is 8.13. The molecule has 0 bridgehead atoms. The summed E-state index contributed by atoms with van der Waals surface area (Å²) in [6, 6.07) is 9.95. The topological polar surface area (TPSA) is 39.4 Å². The predicted molar refractivity (Wildman–Crippen MR) is 112 cm³/mol. The first-order valence-corrected chi connectivity index (χ1v) is 9.99. The number of benzene rings is 2. The maximum atomic E-state index is 13.6. The second kappa shape index (κ2) is 8.31. The van der Waals surface area contributed by atoms with Crippen molar-refractivity contribution in [3.05, 3.63) is 87.5 Å². The van der Waals surface area contributed by atoms with E-state index in [4.69, 9.17) is 28.0 Å². The number of aromatic nitrogens is 2. The summed E-state index contributed by atoms with van der Waals surface area (Å²) in [7, 11) is 0. The quantitative estimate of drug-likeness (QED) is 0.269. The largest absolute Gasteiger partial charge is 0.391 e. The van der Waals surface area contributed by atoms with E-state index in [0.717, 1.165) is 21.2 Å². The first-order valence-electron chi connectivity index (χ1n) is 8.36. The monoisotopic (exact) mass is 433 g/mol. The third-order valence-electron chi connectivity index (χ3n) is 4.14. The lowest BCUT2D eigenvalue weighted by atomic mass is 10.1. The van der Waals surface area contributed by atoms with Gasteiger partial charge >= 0.3 is 0 Å². The molecular weight excluding hydrogens is 420 g/mol. The first kappa shape index (κ1) is 18.9. The van der Waals surface area contributed by atoms with Gasteiger partial charge in [-0.2, -0.15) is 0 Å². The van der Waals surface area contributed by atoms with E-state index in [2.05, 4.69) is 10.1 Å². The smallest absolute Gasteiger partial charge is 0.143 e. The summed E-state index contributed by atoms with van der Waals surface area (Å²) >= 11 is 13.9. The van der Waals surface area contributed by atoms with Crippen molar-refractivity contribution in [2.75, 3.05) is 0 Å². The number of rotatable bonds is 6. The summed E-state index contributed by atoms with van der Waals surface area (Å²) in [5.74, 6) is -0.274. The third-order valence-corrected chi connectivity index (χ3v) is 5.70. The second-order valence-electron chi connectivity index (χ2n) is 6.07. The van der Waals surface area contributed by atoms with Crippen molar-refractivity contribution in [3.63, 3.8) is 0 Å². The van der Waals surface area contributed by atoms with Crippen molar-refractivity contribution >= 4 is 50.3 Å². The van der Waals surface area contributed by atoms with Crippen molar-refractivity contribution in [1.82, 2.24) is 9.55 Å². The summed E-state index contributed by atoms with van der Waals surface area (Å²) in [4.78, 5) is 9.67. The lowest BCUT2D eigenvalue weighted by Crippen LogP contribution is -2.12. The first-order chi connectivity index (χ1) is 13.6. The molecule has 0 aliphatic carbocycles. The van der Waals surface area contributed by atoms with Gasteiger partial charge in [0.1, 0.15) is 18.1 Å². The molecule has 0 saturated carbocycles. The van der Waals surface area contributed by atoms with E-state index in [9.17, 15) is 4.39 Å². The van der Waals surface area contributed by atoms with E-state index < -0.39 is 0 Å². The molecular formula is C20H14Cl2FN3OS. The molecule has 0 aliphatic rings. The maximum absolute atomic E-state index is 13.6. The average molecular weight is 434 g/mol. The Bertz CT molecular complexity index is 1140. The number of fused-ring (bicyclic) bond motifs is 1. The molecule has 142 valence electrons. The van der Waals surface area contributed by atoms with Crippen molar-refractivity contribution in [3.8, 4) is 0 Å². The minimum atomic E-state index is -0.274. The Balaban J connectivity index is 1.60. The zero-order valence-electron chi connectivity index (χ0n) is 14.5. The molecule has 4 nitrogen and oxygen atoms in total. The van der Waals surface area contributed by atoms with Gasteiger partial charge in [-0.1, -0.05) is 28.4 Å². The van der Waals surface area contributed by atoms with Crippen molar-refractivity contribution < 1.29 is 9.23 Å². The van der Waals surface area contributed by atoms with Crippen LogP contribution in [0.2, 0.25) is 10.0 Å². The van der Waals surface area contributed by atoms with Crippen LogP contribution in [0.15, 0.2) is 65.7 Å². The van der Waals surface area contributed by atoms with Crippen molar-refractivity contribution in [2.24, 2.45) is 5.16 Å². The summed E-state index contributed by atoms with van der Waals surface area (Å²) < 4.78 is 16.4. The highest BCUT2D eigenvalue weighted by Gasteiger charge is 2.12. The molecule has 4 rings (SSSR count). The number of oxime groups is 1. The van der Waals surface area contributed by atoms with Crippen LogP contribution >= 0.6 is 34.5 Å². The SMILES string of the molecule is Fc1ccc2scc(CO/N=C(\Cn3ccnc3)c3ccc(Cl)cc3Cl)c2c1. The molecule has 2 heterocycles. The number of thiophene rings is 1. The highest BCUT2D eigenvalue weighted by molar-refractivity contribution is 7.17. The minimum absolute atomic E-state index is 0.224. The Kier molecular flexibility index (Phi) is 5.62. The van der Waals surface area contributed by atoms with Crippen LogP contribution < -0.4 is 0 Å². The Hall–Kier alpha value is -2.41. The van der Waals surface area contributed by atoms with E-state index in [-0.39, 0.29) is 12.4 Å². The molecule has 2 aromatic heterocycles. The van der Waals surface area contributed by atoms with Gasteiger partial charge in [0, 0.05) is 38.6 Å². The highest BCUT2D eigenvalue weighted by atomic mass is 35.5. The Labute approximate surface area is 174 Å². The number of hydrogen-bond donors (Lipinski definition) is 0. The summed E-state index contributed by atoms with van der Waals surface area (Å²) in [6.07, 6.45) is 5.21. The maximum Gasteiger partial charge on any atom is 0.143 e. The zero-order chi connectivity index (χ0) is 19.5. The predicted octanol–water partition coefficient (Wildman–Crippen LogP) is 6.16. The lowest BCUT2D eigenvalue weighted by Gasteiger charge is -2.10. The summed E-state index contributed by atoms with van der Waals surface area (Å²) in [6.45, 7) is 0.655. The van der Waals surface area contributed by atoms with E-state index >= 15 is 0 Å². The molecule has 0 atom stereocenters. The van der Waals surface area contributed by atoms with Gasteiger partial charge in [-0.05, 0) is 41.8 Å². The number of hydrogen-bond acceptors (Lipinski definition) is 4. The molecule has 0 saturated heterocycles. The van der Waals surface area contributed by atoms with Gasteiger partial charge in [-0.3, -0.25) is 0 Å². The number of imidazole rings is 1. The van der Waals surface area contributed by atoms with Crippen molar-refractivity contribution in [2.45, 2.75) is 13.2 Å². The Morgan fingerprint density at radius 3 is 2.89 bits per heavy atom. The normalized spacial score (nSPS) is 11.9. The van der Waals surface area contributed by atoms with Gasteiger partial charge in [0.25, 0.3) is 0 Å². The van der Waals surface area contributed by atoms with Crippen molar-refractivity contribution in [1.29, 1.82) is 0 Å². The fourth-order valence-corrected chi connectivity index (χ4v) is 4.23. The molecule has 0 aliphatic heterocycles. The third kappa shape index (κ3) is 4.19. The highest BCUT2D eigenvalue weighted by Crippen LogP contribution is 2.27. The second-order valence-corrected chi connectivity index (χ2v) is 7.83. The molecule has 4 aromatic rings. The molecule has 8 heteroatoms. The summed E-state index contributed by atoms with van der Waals surface area (Å²) in [5.41, 5.74) is 2.24. The molecule has 0 spiro atoms. The average Bonchev–Trinajstić information content (AvgIpc) is 3.31. The van der Waals surface area contributed by atoms with Gasteiger partial charge in [0.2, 0.25) is 0 Å². The molecule has 0 amide bonds. The van der Waals surface area contributed by atoms with Gasteiger partial charge < -0.3 is 9.40 Å². The molecule has 2 aromatic carbocycles. The zero-order valence-corrected chi connectivity index (χ0v) is 16.8. The lowest BCUT2D eigenvalue weighted by molar-refractivity contribution is 0.131.